The minimum Gasteiger partial charge on any atom is -0.312 e. The van der Waals surface area contributed by atoms with Crippen molar-refractivity contribution in [3.63, 3.8) is 0 Å². The zero-order valence-corrected chi connectivity index (χ0v) is 13.8. The highest BCUT2D eigenvalue weighted by Crippen LogP contribution is 2.38. The van der Waals surface area contributed by atoms with Gasteiger partial charge in [-0.15, -0.1) is 11.3 Å². The Hall–Kier alpha value is -0.850. The minimum absolute atomic E-state index is 0.0696. The van der Waals surface area contributed by atoms with Crippen molar-refractivity contribution in [1.29, 1.82) is 0 Å². The van der Waals surface area contributed by atoms with Gasteiger partial charge in [0.1, 0.15) is 0 Å². The molecule has 1 nitrogen and oxygen atoms in total. The Morgan fingerprint density at radius 1 is 1.19 bits per heavy atom. The second-order valence-electron chi connectivity index (χ2n) is 4.64. The zero-order valence-electron chi connectivity index (χ0n) is 11.4. The molecule has 0 bridgehead atoms. The molecule has 0 aliphatic heterocycles. The topological polar surface area (TPSA) is 12.0 Å². The number of thiophene rings is 1. The van der Waals surface area contributed by atoms with E-state index in [0.717, 1.165) is 29.3 Å². The van der Waals surface area contributed by atoms with Crippen LogP contribution in [0.2, 0.25) is 0 Å². The fraction of sp³-hybridized carbons (Fsp3) is 0.333. The van der Waals surface area contributed by atoms with E-state index in [2.05, 4.69) is 28.2 Å². The summed E-state index contributed by atoms with van der Waals surface area (Å²) in [6, 6.07) is 8.18. The summed E-state index contributed by atoms with van der Waals surface area (Å²) in [5.41, 5.74) is -0.0451. The molecule has 21 heavy (non-hydrogen) atoms. The van der Waals surface area contributed by atoms with Gasteiger partial charge in [-0.3, -0.25) is 0 Å². The van der Waals surface area contributed by atoms with Crippen LogP contribution in [0.25, 0.3) is 10.4 Å². The molecule has 2 aromatic rings. The normalized spacial score (nSPS) is 11.9. The van der Waals surface area contributed by atoms with E-state index >= 15 is 0 Å². The Bertz CT molecular complexity index is 607. The molecule has 0 saturated heterocycles. The Labute approximate surface area is 134 Å². The molecule has 114 valence electrons. The third-order valence-corrected chi connectivity index (χ3v) is 4.77. The quantitative estimate of drug-likeness (QED) is 0.659. The predicted molar refractivity (Wildman–Crippen MR) is 84.5 cm³/mol. The van der Waals surface area contributed by atoms with Crippen LogP contribution in [-0.4, -0.2) is 6.54 Å². The second kappa shape index (κ2) is 6.94. The molecule has 0 radical (unpaired) electrons. The molecule has 0 unspecified atom stereocenters. The third kappa shape index (κ3) is 4.31. The van der Waals surface area contributed by atoms with Crippen LogP contribution in [0.3, 0.4) is 0 Å². The lowest BCUT2D eigenvalue weighted by Gasteiger charge is -2.10. The molecule has 0 fully saturated rings. The van der Waals surface area contributed by atoms with Gasteiger partial charge in [0.05, 0.1) is 5.56 Å². The summed E-state index contributed by atoms with van der Waals surface area (Å²) < 4.78 is 38.8. The SMILES string of the molecule is CCCNCc1ccc(-c2ccc(Br)c(C(F)(F)F)c2)s1. The molecule has 1 aromatic heterocycles. The van der Waals surface area contributed by atoms with Crippen LogP contribution in [0.1, 0.15) is 23.8 Å². The summed E-state index contributed by atoms with van der Waals surface area (Å²) in [4.78, 5) is 1.97. The first-order valence-corrected chi connectivity index (χ1v) is 8.19. The van der Waals surface area contributed by atoms with Gasteiger partial charge >= 0.3 is 6.18 Å². The first kappa shape index (κ1) is 16.5. The number of halogens is 4. The largest absolute Gasteiger partial charge is 0.417 e. The summed E-state index contributed by atoms with van der Waals surface area (Å²) in [6.45, 7) is 3.78. The zero-order chi connectivity index (χ0) is 15.5. The monoisotopic (exact) mass is 377 g/mol. The highest BCUT2D eigenvalue weighted by Gasteiger charge is 2.33. The molecule has 0 atom stereocenters. The van der Waals surface area contributed by atoms with Crippen LogP contribution in [-0.2, 0) is 12.7 Å². The van der Waals surface area contributed by atoms with Gasteiger partial charge in [0.2, 0.25) is 0 Å². The molecule has 0 aliphatic carbocycles. The van der Waals surface area contributed by atoms with Crippen LogP contribution in [0.5, 0.6) is 0 Å². The molecule has 1 heterocycles. The maximum Gasteiger partial charge on any atom is 0.417 e. The fourth-order valence-corrected chi connectivity index (χ4v) is 3.36. The van der Waals surface area contributed by atoms with E-state index in [1.807, 2.05) is 12.1 Å². The average molecular weight is 378 g/mol. The summed E-state index contributed by atoms with van der Waals surface area (Å²) >= 11 is 4.48. The predicted octanol–water partition coefficient (Wildman–Crippen LogP) is 5.70. The molecule has 2 rings (SSSR count). The van der Waals surface area contributed by atoms with E-state index in [-0.39, 0.29) is 4.47 Å². The average Bonchev–Trinajstić information content (AvgIpc) is 2.87. The minimum atomic E-state index is -4.35. The number of hydrogen-bond donors (Lipinski definition) is 1. The molecule has 0 spiro atoms. The molecule has 6 heteroatoms. The Morgan fingerprint density at radius 3 is 2.62 bits per heavy atom. The van der Waals surface area contributed by atoms with Gasteiger partial charge in [0, 0.05) is 20.8 Å². The number of alkyl halides is 3. The van der Waals surface area contributed by atoms with Crippen LogP contribution < -0.4 is 5.32 Å². The van der Waals surface area contributed by atoms with Crippen molar-refractivity contribution in [1.82, 2.24) is 5.32 Å². The van der Waals surface area contributed by atoms with Crippen molar-refractivity contribution in [2.45, 2.75) is 26.1 Å². The third-order valence-electron chi connectivity index (χ3n) is 2.94. The molecular formula is C15H15BrF3NS. The number of hydrogen-bond acceptors (Lipinski definition) is 2. The molecule has 0 amide bonds. The molecule has 1 aromatic carbocycles. The van der Waals surface area contributed by atoms with E-state index in [0.29, 0.717) is 5.56 Å². The number of rotatable bonds is 5. The fourth-order valence-electron chi connectivity index (χ4n) is 1.91. The van der Waals surface area contributed by atoms with Gasteiger partial charge in [0.15, 0.2) is 0 Å². The lowest BCUT2D eigenvalue weighted by atomic mass is 10.1. The summed E-state index contributed by atoms with van der Waals surface area (Å²) in [6.07, 6.45) is -3.29. The lowest BCUT2D eigenvalue weighted by molar-refractivity contribution is -0.138. The van der Waals surface area contributed by atoms with Crippen LogP contribution in [0.4, 0.5) is 13.2 Å². The summed E-state index contributed by atoms with van der Waals surface area (Å²) in [7, 11) is 0. The van der Waals surface area contributed by atoms with Crippen molar-refractivity contribution in [3.8, 4) is 10.4 Å². The van der Waals surface area contributed by atoms with Crippen LogP contribution in [0, 0.1) is 0 Å². The number of benzene rings is 1. The maximum atomic E-state index is 12.9. The molecule has 0 aliphatic rings. The standard InChI is InChI=1S/C15H15BrF3NS/c1-2-7-20-9-11-4-6-14(21-11)10-3-5-13(16)12(8-10)15(17,18)19/h3-6,8,20H,2,7,9H2,1H3. The first-order valence-electron chi connectivity index (χ1n) is 6.58. The molecule has 1 N–H and O–H groups in total. The number of nitrogens with one attached hydrogen (secondary N) is 1. The van der Waals surface area contributed by atoms with Crippen molar-refractivity contribution >= 4 is 27.3 Å². The van der Waals surface area contributed by atoms with Gasteiger partial charge in [-0.05, 0) is 42.8 Å². The van der Waals surface area contributed by atoms with E-state index in [1.54, 1.807) is 6.07 Å². The van der Waals surface area contributed by atoms with Crippen LogP contribution in [0.15, 0.2) is 34.8 Å². The van der Waals surface area contributed by atoms with Gasteiger partial charge in [-0.1, -0.05) is 28.9 Å². The maximum absolute atomic E-state index is 12.9. The van der Waals surface area contributed by atoms with E-state index in [9.17, 15) is 13.2 Å². The second-order valence-corrected chi connectivity index (χ2v) is 6.66. The Balaban J connectivity index is 2.22. The van der Waals surface area contributed by atoms with Gasteiger partial charge < -0.3 is 5.32 Å². The molecule has 0 saturated carbocycles. The van der Waals surface area contributed by atoms with Crippen molar-refractivity contribution in [3.05, 3.63) is 45.2 Å². The van der Waals surface area contributed by atoms with Crippen molar-refractivity contribution in [2.75, 3.05) is 6.54 Å². The van der Waals surface area contributed by atoms with Crippen molar-refractivity contribution in [2.24, 2.45) is 0 Å². The smallest absolute Gasteiger partial charge is 0.312 e. The Kier molecular flexibility index (Phi) is 5.46. The highest BCUT2D eigenvalue weighted by molar-refractivity contribution is 9.10. The molecular weight excluding hydrogens is 363 g/mol. The van der Waals surface area contributed by atoms with Gasteiger partial charge in [-0.25, -0.2) is 0 Å². The van der Waals surface area contributed by atoms with Gasteiger partial charge in [0.25, 0.3) is 0 Å². The summed E-state index contributed by atoms with van der Waals surface area (Å²) in [5, 5.41) is 3.28. The van der Waals surface area contributed by atoms with Crippen molar-refractivity contribution < 1.29 is 13.2 Å². The summed E-state index contributed by atoms with van der Waals surface area (Å²) in [5.74, 6) is 0. The van der Waals surface area contributed by atoms with E-state index < -0.39 is 11.7 Å². The highest BCUT2D eigenvalue weighted by atomic mass is 79.9. The first-order chi connectivity index (χ1) is 9.91. The Morgan fingerprint density at radius 2 is 1.95 bits per heavy atom. The van der Waals surface area contributed by atoms with E-state index in [4.69, 9.17) is 0 Å². The van der Waals surface area contributed by atoms with E-state index in [1.165, 1.54) is 23.5 Å². The van der Waals surface area contributed by atoms with Crippen LogP contribution >= 0.6 is 27.3 Å². The lowest BCUT2D eigenvalue weighted by Crippen LogP contribution is -2.12. The van der Waals surface area contributed by atoms with Gasteiger partial charge in [-0.2, -0.15) is 13.2 Å².